The maximum absolute atomic E-state index is 12.7. The highest BCUT2D eigenvalue weighted by Gasteiger charge is 2.27. The molecule has 0 unspecified atom stereocenters. The second kappa shape index (κ2) is 5.82. The number of hydrogen-bond acceptors (Lipinski definition) is 3. The third-order valence-corrected chi connectivity index (χ3v) is 2.13. The molecule has 0 rings (SSSR count). The van der Waals surface area contributed by atoms with E-state index >= 15 is 0 Å². The molecule has 0 saturated carbocycles. The largest absolute Gasteiger partial charge is 0.444 e. The number of rotatable bonds is 4. The van der Waals surface area contributed by atoms with Crippen LogP contribution >= 0.6 is 0 Å². The predicted octanol–water partition coefficient (Wildman–Crippen LogP) is 2.42. The summed E-state index contributed by atoms with van der Waals surface area (Å²) in [7, 11) is 0. The van der Waals surface area contributed by atoms with E-state index in [9.17, 15) is 14.0 Å². The second-order valence-corrected chi connectivity index (χ2v) is 4.81. The molecule has 0 aromatic carbocycles. The van der Waals surface area contributed by atoms with E-state index in [0.717, 1.165) is 0 Å². The SMILES string of the molecule is CC[C@H](C)[C@H](NC(=O)OC(C)(C)C)C(=O)F. The first-order chi connectivity index (χ1) is 7.17. The first-order valence-electron chi connectivity index (χ1n) is 5.36. The van der Waals surface area contributed by atoms with Gasteiger partial charge in [0.15, 0.2) is 0 Å². The Labute approximate surface area is 95.5 Å². The van der Waals surface area contributed by atoms with Crippen molar-refractivity contribution in [2.24, 2.45) is 5.92 Å². The smallest absolute Gasteiger partial charge is 0.408 e. The highest BCUT2D eigenvalue weighted by molar-refractivity contribution is 5.80. The summed E-state index contributed by atoms with van der Waals surface area (Å²) >= 11 is 0. The number of amides is 1. The van der Waals surface area contributed by atoms with Gasteiger partial charge in [0.1, 0.15) is 11.6 Å². The molecule has 0 aliphatic rings. The Morgan fingerprint density at radius 2 is 1.88 bits per heavy atom. The van der Waals surface area contributed by atoms with Crippen molar-refractivity contribution in [1.29, 1.82) is 0 Å². The normalized spacial score (nSPS) is 15.1. The fraction of sp³-hybridized carbons (Fsp3) is 0.818. The zero-order chi connectivity index (χ0) is 12.9. The Hall–Kier alpha value is -1.13. The van der Waals surface area contributed by atoms with Crippen LogP contribution < -0.4 is 5.32 Å². The Morgan fingerprint density at radius 3 is 2.19 bits per heavy atom. The van der Waals surface area contributed by atoms with Gasteiger partial charge in [-0.05, 0) is 26.7 Å². The quantitative estimate of drug-likeness (QED) is 0.759. The van der Waals surface area contributed by atoms with Crippen LogP contribution in [0.3, 0.4) is 0 Å². The van der Waals surface area contributed by atoms with Gasteiger partial charge in [0.05, 0.1) is 0 Å². The van der Waals surface area contributed by atoms with Gasteiger partial charge in [-0.15, -0.1) is 0 Å². The van der Waals surface area contributed by atoms with Crippen molar-refractivity contribution in [3.63, 3.8) is 0 Å². The highest BCUT2D eigenvalue weighted by atomic mass is 19.1. The van der Waals surface area contributed by atoms with Crippen LogP contribution in [0.25, 0.3) is 0 Å². The number of carbonyl (C=O) groups excluding carboxylic acids is 2. The Kier molecular flexibility index (Phi) is 5.41. The van der Waals surface area contributed by atoms with Crippen molar-refractivity contribution in [3.8, 4) is 0 Å². The van der Waals surface area contributed by atoms with E-state index in [4.69, 9.17) is 4.74 Å². The third kappa shape index (κ3) is 5.68. The Bertz CT molecular complexity index is 260. The van der Waals surface area contributed by atoms with E-state index in [0.29, 0.717) is 6.42 Å². The monoisotopic (exact) mass is 233 g/mol. The average molecular weight is 233 g/mol. The maximum atomic E-state index is 12.7. The summed E-state index contributed by atoms with van der Waals surface area (Å²) in [6, 6.07) is -2.67. The molecule has 16 heavy (non-hydrogen) atoms. The van der Waals surface area contributed by atoms with Crippen molar-refractivity contribution >= 4 is 12.1 Å². The number of nitrogens with one attached hydrogen (secondary N) is 1. The summed E-state index contributed by atoms with van der Waals surface area (Å²) in [6.45, 7) is 8.60. The van der Waals surface area contributed by atoms with Crippen molar-refractivity contribution in [2.45, 2.75) is 52.7 Å². The van der Waals surface area contributed by atoms with Crippen molar-refractivity contribution in [2.75, 3.05) is 0 Å². The Balaban J connectivity index is 4.42. The van der Waals surface area contributed by atoms with Crippen LogP contribution in [0.1, 0.15) is 41.0 Å². The van der Waals surface area contributed by atoms with Gasteiger partial charge >= 0.3 is 12.1 Å². The summed E-state index contributed by atoms with van der Waals surface area (Å²) in [6.07, 6.45) is -0.181. The lowest BCUT2D eigenvalue weighted by Crippen LogP contribution is -2.45. The maximum Gasteiger partial charge on any atom is 0.408 e. The van der Waals surface area contributed by atoms with Crippen LogP contribution in [0.4, 0.5) is 9.18 Å². The first-order valence-corrected chi connectivity index (χ1v) is 5.36. The molecular weight excluding hydrogens is 213 g/mol. The average Bonchev–Trinajstić information content (AvgIpc) is 2.09. The predicted molar refractivity (Wildman–Crippen MR) is 58.7 cm³/mol. The number of alkyl carbamates (subject to hydrolysis) is 1. The minimum atomic E-state index is -1.54. The summed E-state index contributed by atoms with van der Waals surface area (Å²) < 4.78 is 17.6. The summed E-state index contributed by atoms with van der Waals surface area (Å²) in [4.78, 5) is 22.1. The molecule has 0 aliphatic carbocycles. The van der Waals surface area contributed by atoms with Crippen molar-refractivity contribution in [1.82, 2.24) is 5.32 Å². The summed E-state index contributed by atoms with van der Waals surface area (Å²) in [5.74, 6) is -0.259. The zero-order valence-electron chi connectivity index (χ0n) is 10.5. The van der Waals surface area contributed by atoms with E-state index in [1.54, 1.807) is 27.7 Å². The van der Waals surface area contributed by atoms with E-state index in [2.05, 4.69) is 5.32 Å². The van der Waals surface area contributed by atoms with Crippen LogP contribution in [0.5, 0.6) is 0 Å². The van der Waals surface area contributed by atoms with Crippen molar-refractivity contribution in [3.05, 3.63) is 0 Å². The van der Waals surface area contributed by atoms with Gasteiger partial charge in [0.25, 0.3) is 0 Å². The summed E-state index contributed by atoms with van der Waals surface area (Å²) in [5.41, 5.74) is -0.663. The fourth-order valence-electron chi connectivity index (χ4n) is 1.09. The van der Waals surface area contributed by atoms with Crippen LogP contribution in [0.2, 0.25) is 0 Å². The highest BCUT2D eigenvalue weighted by Crippen LogP contribution is 2.12. The fourth-order valence-corrected chi connectivity index (χ4v) is 1.09. The molecule has 0 aromatic rings. The Morgan fingerprint density at radius 1 is 1.38 bits per heavy atom. The van der Waals surface area contributed by atoms with Gasteiger partial charge in [0, 0.05) is 0 Å². The lowest BCUT2D eigenvalue weighted by atomic mass is 10.00. The molecule has 0 radical (unpaired) electrons. The van der Waals surface area contributed by atoms with Crippen LogP contribution in [-0.2, 0) is 9.53 Å². The molecule has 0 spiro atoms. The van der Waals surface area contributed by atoms with Gasteiger partial charge < -0.3 is 10.1 Å². The number of hydrogen-bond donors (Lipinski definition) is 1. The molecule has 0 fully saturated rings. The molecule has 2 atom stereocenters. The topological polar surface area (TPSA) is 55.4 Å². The second-order valence-electron chi connectivity index (χ2n) is 4.81. The third-order valence-electron chi connectivity index (χ3n) is 2.13. The number of halogens is 1. The minimum Gasteiger partial charge on any atom is -0.444 e. The van der Waals surface area contributed by atoms with E-state index < -0.39 is 23.8 Å². The van der Waals surface area contributed by atoms with Gasteiger partial charge in [-0.2, -0.15) is 4.39 Å². The molecule has 0 bridgehead atoms. The lowest BCUT2D eigenvalue weighted by Gasteiger charge is -2.24. The number of ether oxygens (including phenoxy) is 1. The molecule has 0 saturated heterocycles. The van der Waals surface area contributed by atoms with E-state index in [1.807, 2.05) is 6.92 Å². The van der Waals surface area contributed by atoms with Crippen molar-refractivity contribution < 1.29 is 18.7 Å². The van der Waals surface area contributed by atoms with E-state index in [1.165, 1.54) is 0 Å². The summed E-state index contributed by atoms with van der Waals surface area (Å²) in [5, 5.41) is 2.24. The zero-order valence-corrected chi connectivity index (χ0v) is 10.5. The van der Waals surface area contributed by atoms with Crippen LogP contribution in [-0.4, -0.2) is 23.8 Å². The molecule has 4 nitrogen and oxygen atoms in total. The molecule has 5 heteroatoms. The van der Waals surface area contributed by atoms with Gasteiger partial charge in [-0.1, -0.05) is 20.3 Å². The molecule has 0 heterocycles. The minimum absolute atomic E-state index is 0.259. The van der Waals surface area contributed by atoms with Gasteiger partial charge in [0.2, 0.25) is 0 Å². The molecule has 1 amide bonds. The molecular formula is C11H20FNO3. The van der Waals surface area contributed by atoms with E-state index in [-0.39, 0.29) is 5.92 Å². The first kappa shape index (κ1) is 14.9. The van der Waals surface area contributed by atoms with Gasteiger partial charge in [-0.3, -0.25) is 4.79 Å². The molecule has 0 aromatic heterocycles. The van der Waals surface area contributed by atoms with Crippen LogP contribution in [0, 0.1) is 5.92 Å². The standard InChI is InChI=1S/C11H20FNO3/c1-6-7(2)8(9(12)14)13-10(15)16-11(3,4)5/h7-8H,6H2,1-5H3,(H,13,15)/t7-,8-/m0/s1. The molecule has 1 N–H and O–H groups in total. The van der Waals surface area contributed by atoms with Crippen LogP contribution in [0.15, 0.2) is 0 Å². The number of carbonyl (C=O) groups is 2. The molecule has 94 valence electrons. The lowest BCUT2D eigenvalue weighted by molar-refractivity contribution is -0.132. The molecule has 0 aliphatic heterocycles. The van der Waals surface area contributed by atoms with Gasteiger partial charge in [-0.25, -0.2) is 4.79 Å².